The molecule has 0 saturated heterocycles. The van der Waals surface area contributed by atoms with Gasteiger partial charge in [-0.25, -0.2) is 13.2 Å². The Morgan fingerprint density at radius 2 is 2.11 bits per heavy atom. The summed E-state index contributed by atoms with van der Waals surface area (Å²) in [4.78, 5) is 11.0. The van der Waals surface area contributed by atoms with Gasteiger partial charge >= 0.3 is 5.97 Å². The number of hydrogen-bond acceptors (Lipinski definition) is 3. The number of hydrogen-bond donors (Lipinski definition) is 2. The normalized spacial score (nSPS) is 11.2. The van der Waals surface area contributed by atoms with Crippen molar-refractivity contribution in [3.63, 3.8) is 0 Å². The van der Waals surface area contributed by atoms with Crippen LogP contribution in [-0.4, -0.2) is 31.9 Å². The average molecular weight is 275 g/mol. The number of aryl methyl sites for hydroxylation is 1. The van der Waals surface area contributed by atoms with Crippen molar-refractivity contribution < 1.29 is 22.7 Å². The molecule has 0 aliphatic heterocycles. The molecule has 0 unspecified atom stereocenters. The number of nitrogens with one attached hydrogen (secondary N) is 1. The first kappa shape index (κ1) is 14.4. The largest absolute Gasteiger partial charge is 0.478 e. The number of benzene rings is 1. The van der Waals surface area contributed by atoms with Gasteiger partial charge in [-0.15, -0.1) is 0 Å². The van der Waals surface area contributed by atoms with Crippen molar-refractivity contribution >= 4 is 21.7 Å². The highest BCUT2D eigenvalue weighted by Gasteiger charge is 2.17. The second-order valence-electron chi connectivity index (χ2n) is 3.77. The standard InChI is InChI=1S/C11H14FNO4S/c1-8-4-2-5-9(11(14)15)10(8)13-18(16,17)7-3-6-12/h2,4-5,13H,3,6-7H2,1H3,(H,14,15). The molecule has 0 aliphatic rings. The molecular formula is C11H14FNO4S. The molecule has 18 heavy (non-hydrogen) atoms. The van der Waals surface area contributed by atoms with Crippen molar-refractivity contribution in [2.24, 2.45) is 0 Å². The maximum Gasteiger partial charge on any atom is 0.337 e. The number of aromatic carboxylic acids is 1. The van der Waals surface area contributed by atoms with E-state index in [0.717, 1.165) is 0 Å². The van der Waals surface area contributed by atoms with Crippen molar-refractivity contribution in [2.75, 3.05) is 17.1 Å². The maximum atomic E-state index is 12.0. The SMILES string of the molecule is Cc1cccc(C(=O)O)c1NS(=O)(=O)CCCF. The van der Waals surface area contributed by atoms with Gasteiger partial charge in [0.05, 0.1) is 23.7 Å². The van der Waals surface area contributed by atoms with Crippen molar-refractivity contribution in [2.45, 2.75) is 13.3 Å². The highest BCUT2D eigenvalue weighted by atomic mass is 32.2. The molecule has 1 aromatic carbocycles. The first-order valence-corrected chi connectivity index (χ1v) is 6.92. The molecule has 0 saturated carbocycles. The summed E-state index contributed by atoms with van der Waals surface area (Å²) in [6, 6.07) is 4.43. The van der Waals surface area contributed by atoms with Gasteiger partial charge in [0.1, 0.15) is 0 Å². The first-order chi connectivity index (χ1) is 8.37. The predicted molar refractivity (Wildman–Crippen MR) is 66.1 cm³/mol. The van der Waals surface area contributed by atoms with E-state index in [1.165, 1.54) is 12.1 Å². The summed E-state index contributed by atoms with van der Waals surface area (Å²) in [5.74, 6) is -1.60. The lowest BCUT2D eigenvalue weighted by atomic mass is 10.1. The zero-order valence-electron chi connectivity index (χ0n) is 9.81. The second-order valence-corrected chi connectivity index (χ2v) is 5.61. The molecule has 1 aromatic rings. The van der Waals surface area contributed by atoms with Crippen molar-refractivity contribution in [1.29, 1.82) is 0 Å². The van der Waals surface area contributed by atoms with Gasteiger partial charge in [-0.2, -0.15) is 0 Å². The summed E-state index contributed by atoms with van der Waals surface area (Å²) in [6.45, 7) is 0.861. The molecule has 0 radical (unpaired) electrons. The zero-order chi connectivity index (χ0) is 13.8. The minimum absolute atomic E-state index is 0.0314. The minimum atomic E-state index is -3.73. The smallest absolute Gasteiger partial charge is 0.337 e. The van der Waals surface area contributed by atoms with E-state index in [1.54, 1.807) is 13.0 Å². The Morgan fingerprint density at radius 1 is 1.44 bits per heavy atom. The van der Waals surface area contributed by atoms with Crippen LogP contribution in [0.4, 0.5) is 10.1 Å². The van der Waals surface area contributed by atoms with Crippen LogP contribution in [0.2, 0.25) is 0 Å². The number of anilines is 1. The van der Waals surface area contributed by atoms with Crippen LogP contribution in [0.15, 0.2) is 18.2 Å². The molecule has 2 N–H and O–H groups in total. The van der Waals surface area contributed by atoms with Gasteiger partial charge in [-0.1, -0.05) is 12.1 Å². The number of sulfonamides is 1. The topological polar surface area (TPSA) is 83.5 Å². The molecule has 7 heteroatoms. The van der Waals surface area contributed by atoms with Gasteiger partial charge < -0.3 is 5.11 Å². The summed E-state index contributed by atoms with van der Waals surface area (Å²) in [7, 11) is -3.73. The lowest BCUT2D eigenvalue weighted by Crippen LogP contribution is -2.19. The van der Waals surface area contributed by atoms with Crippen molar-refractivity contribution in [3.8, 4) is 0 Å². The van der Waals surface area contributed by atoms with E-state index in [2.05, 4.69) is 4.72 Å². The lowest BCUT2D eigenvalue weighted by molar-refractivity contribution is 0.0698. The molecule has 0 aromatic heterocycles. The Morgan fingerprint density at radius 3 is 2.67 bits per heavy atom. The van der Waals surface area contributed by atoms with Gasteiger partial charge in [0.25, 0.3) is 0 Å². The van der Waals surface area contributed by atoms with Gasteiger partial charge in [-0.05, 0) is 25.0 Å². The minimum Gasteiger partial charge on any atom is -0.478 e. The Kier molecular flexibility index (Phi) is 4.66. The molecule has 0 amide bonds. The third kappa shape index (κ3) is 3.69. The molecule has 0 fully saturated rings. The number of alkyl halides is 1. The zero-order valence-corrected chi connectivity index (χ0v) is 10.6. The van der Waals surface area contributed by atoms with Crippen LogP contribution in [-0.2, 0) is 10.0 Å². The first-order valence-electron chi connectivity index (χ1n) is 5.27. The van der Waals surface area contributed by atoms with Crippen LogP contribution < -0.4 is 4.72 Å². The third-order valence-electron chi connectivity index (χ3n) is 2.31. The number of rotatable bonds is 6. The van der Waals surface area contributed by atoms with E-state index in [-0.39, 0.29) is 23.4 Å². The summed E-state index contributed by atoms with van der Waals surface area (Å²) in [5, 5.41) is 8.97. The Hall–Kier alpha value is -1.63. The van der Waals surface area contributed by atoms with E-state index in [9.17, 15) is 17.6 Å². The quantitative estimate of drug-likeness (QED) is 0.829. The second kappa shape index (κ2) is 5.81. The summed E-state index contributed by atoms with van der Waals surface area (Å²) in [5.41, 5.74) is 0.404. The molecule has 0 atom stereocenters. The third-order valence-corrected chi connectivity index (χ3v) is 3.65. The fourth-order valence-electron chi connectivity index (χ4n) is 1.43. The number of halogens is 1. The van der Waals surface area contributed by atoms with E-state index in [0.29, 0.717) is 5.56 Å². The predicted octanol–water partition coefficient (Wildman–Crippen LogP) is 1.79. The number of para-hydroxylation sites is 1. The Balaban J connectivity index is 3.07. The van der Waals surface area contributed by atoms with Crippen LogP contribution in [0.5, 0.6) is 0 Å². The number of carboxylic acids is 1. The van der Waals surface area contributed by atoms with Crippen molar-refractivity contribution in [3.05, 3.63) is 29.3 Å². The van der Waals surface area contributed by atoms with Crippen LogP contribution in [0.3, 0.4) is 0 Å². The lowest BCUT2D eigenvalue weighted by Gasteiger charge is -2.12. The van der Waals surface area contributed by atoms with Gasteiger partial charge in [0.2, 0.25) is 10.0 Å². The van der Waals surface area contributed by atoms with Crippen LogP contribution in [0.1, 0.15) is 22.3 Å². The van der Waals surface area contributed by atoms with Gasteiger partial charge in [0.15, 0.2) is 0 Å². The fourth-order valence-corrected chi connectivity index (χ4v) is 2.61. The Labute approximate surface area is 105 Å². The van der Waals surface area contributed by atoms with Crippen molar-refractivity contribution in [1.82, 2.24) is 0 Å². The molecule has 0 heterocycles. The maximum absolute atomic E-state index is 12.0. The monoisotopic (exact) mass is 275 g/mol. The van der Waals surface area contributed by atoms with E-state index in [1.807, 2.05) is 0 Å². The fraction of sp³-hybridized carbons (Fsp3) is 0.364. The van der Waals surface area contributed by atoms with E-state index < -0.39 is 22.7 Å². The highest BCUT2D eigenvalue weighted by molar-refractivity contribution is 7.92. The van der Waals surface area contributed by atoms with Gasteiger partial charge in [-0.3, -0.25) is 9.11 Å². The summed E-state index contributed by atoms with van der Waals surface area (Å²) >= 11 is 0. The molecular weight excluding hydrogens is 261 g/mol. The van der Waals surface area contributed by atoms with Crippen LogP contribution in [0.25, 0.3) is 0 Å². The molecule has 100 valence electrons. The molecule has 0 bridgehead atoms. The molecule has 1 rings (SSSR count). The molecule has 0 spiro atoms. The molecule has 0 aliphatic carbocycles. The highest BCUT2D eigenvalue weighted by Crippen LogP contribution is 2.22. The average Bonchev–Trinajstić information content (AvgIpc) is 2.28. The Bertz CT molecular complexity index is 542. The van der Waals surface area contributed by atoms with Crippen LogP contribution in [0, 0.1) is 6.92 Å². The summed E-state index contributed by atoms with van der Waals surface area (Å²) in [6.07, 6.45) is -0.121. The summed E-state index contributed by atoms with van der Waals surface area (Å²) < 4.78 is 37.4. The van der Waals surface area contributed by atoms with Gasteiger partial charge in [0, 0.05) is 0 Å². The van der Waals surface area contributed by atoms with Crippen LogP contribution >= 0.6 is 0 Å². The van der Waals surface area contributed by atoms with E-state index >= 15 is 0 Å². The number of carbonyl (C=O) groups is 1. The van der Waals surface area contributed by atoms with E-state index in [4.69, 9.17) is 5.11 Å². The number of carboxylic acid groups (broad SMARTS) is 1. The molecule has 5 nitrogen and oxygen atoms in total.